The number of sulfonamides is 1. The highest BCUT2D eigenvalue weighted by molar-refractivity contribution is 9.10. The lowest BCUT2D eigenvalue weighted by Gasteiger charge is -2.12. The Bertz CT molecular complexity index is 1190. The summed E-state index contributed by atoms with van der Waals surface area (Å²) < 4.78 is 53.0. The van der Waals surface area contributed by atoms with E-state index in [1.165, 1.54) is 24.3 Å². The summed E-state index contributed by atoms with van der Waals surface area (Å²) in [6.07, 6.45) is 0. The van der Waals surface area contributed by atoms with Crippen molar-refractivity contribution in [2.75, 3.05) is 25.6 Å². The van der Waals surface area contributed by atoms with Crippen molar-refractivity contribution in [1.29, 1.82) is 0 Å². The Kier molecular flexibility index (Phi) is 5.85. The third-order valence-corrected chi connectivity index (χ3v) is 5.88. The zero-order valence-electron chi connectivity index (χ0n) is 15.8. The number of ether oxygens (including phenoxy) is 1. The number of carbonyl (C=O) groups is 1. The Morgan fingerprint density at radius 2 is 1.97 bits per heavy atom. The van der Waals surface area contributed by atoms with E-state index in [4.69, 9.17) is 9.15 Å². The maximum Gasteiger partial charge on any atom is 0.300 e. The standard InChI is InChI=1S/C19H18BrFN2O5S/c1-4-27-15-6-5-11(20)7-18(15)29(25,26)22-19(24)17-10-13-14(21)8-12(23(2)3)9-16(13)28-17/h5-10H,4H2,1-3H3,(H,22,24). The molecule has 0 aliphatic rings. The van der Waals surface area contributed by atoms with Gasteiger partial charge in [0.1, 0.15) is 22.0 Å². The number of fused-ring (bicyclic) bond motifs is 1. The molecule has 0 fully saturated rings. The van der Waals surface area contributed by atoms with Crippen molar-refractivity contribution in [1.82, 2.24) is 4.72 Å². The van der Waals surface area contributed by atoms with Crippen LogP contribution in [-0.4, -0.2) is 35.0 Å². The Morgan fingerprint density at radius 3 is 2.62 bits per heavy atom. The summed E-state index contributed by atoms with van der Waals surface area (Å²) >= 11 is 3.20. The van der Waals surface area contributed by atoms with E-state index in [2.05, 4.69) is 15.9 Å². The molecule has 154 valence electrons. The van der Waals surface area contributed by atoms with Gasteiger partial charge in [-0.1, -0.05) is 15.9 Å². The van der Waals surface area contributed by atoms with Crippen LogP contribution in [0.2, 0.25) is 0 Å². The number of nitrogens with one attached hydrogen (secondary N) is 1. The molecule has 0 unspecified atom stereocenters. The van der Waals surface area contributed by atoms with Crippen LogP contribution >= 0.6 is 15.9 Å². The quantitative estimate of drug-likeness (QED) is 0.570. The predicted molar refractivity (Wildman–Crippen MR) is 110 cm³/mol. The largest absolute Gasteiger partial charge is 0.492 e. The summed E-state index contributed by atoms with van der Waals surface area (Å²) in [5.74, 6) is -1.83. The zero-order valence-corrected chi connectivity index (χ0v) is 18.2. The molecule has 7 nitrogen and oxygen atoms in total. The van der Waals surface area contributed by atoms with Crippen LogP contribution in [0, 0.1) is 5.82 Å². The number of halogens is 2. The zero-order chi connectivity index (χ0) is 21.3. The highest BCUT2D eigenvalue weighted by Gasteiger charge is 2.25. The van der Waals surface area contributed by atoms with Gasteiger partial charge in [-0.25, -0.2) is 17.5 Å². The minimum atomic E-state index is -4.27. The van der Waals surface area contributed by atoms with Crippen molar-refractivity contribution in [3.05, 3.63) is 52.4 Å². The number of amides is 1. The Balaban J connectivity index is 1.96. The molecule has 10 heteroatoms. The fraction of sp³-hybridized carbons (Fsp3) is 0.211. The normalized spacial score (nSPS) is 11.5. The molecule has 1 heterocycles. The molecule has 1 amide bonds. The molecule has 29 heavy (non-hydrogen) atoms. The molecule has 1 N–H and O–H groups in total. The van der Waals surface area contributed by atoms with Crippen LogP contribution in [0.25, 0.3) is 11.0 Å². The third-order valence-electron chi connectivity index (χ3n) is 4.03. The van der Waals surface area contributed by atoms with Gasteiger partial charge in [0.25, 0.3) is 10.0 Å². The highest BCUT2D eigenvalue weighted by atomic mass is 79.9. The van der Waals surface area contributed by atoms with Crippen molar-refractivity contribution in [3.63, 3.8) is 0 Å². The summed E-state index contributed by atoms with van der Waals surface area (Å²) in [6, 6.07) is 8.45. The number of hydrogen-bond donors (Lipinski definition) is 1. The van der Waals surface area contributed by atoms with Gasteiger partial charge in [-0.2, -0.15) is 0 Å². The van der Waals surface area contributed by atoms with Crippen LogP contribution in [0.5, 0.6) is 5.75 Å². The molecule has 3 aromatic rings. The van der Waals surface area contributed by atoms with Crippen molar-refractivity contribution >= 4 is 48.5 Å². The molecular weight excluding hydrogens is 467 g/mol. The average molecular weight is 485 g/mol. The van der Waals surface area contributed by atoms with E-state index < -0.39 is 21.7 Å². The molecular formula is C19H18BrFN2O5S. The topological polar surface area (TPSA) is 88.8 Å². The number of anilines is 1. The first kappa shape index (κ1) is 21.1. The van der Waals surface area contributed by atoms with Crippen LogP contribution in [-0.2, 0) is 10.0 Å². The SMILES string of the molecule is CCOc1ccc(Br)cc1S(=O)(=O)NC(=O)c1cc2c(F)cc(N(C)C)cc2o1. The second kappa shape index (κ2) is 8.03. The number of rotatable bonds is 6. The van der Waals surface area contributed by atoms with Gasteiger partial charge in [0.05, 0.1) is 12.0 Å². The molecule has 0 saturated carbocycles. The Morgan fingerprint density at radius 1 is 1.24 bits per heavy atom. The van der Waals surface area contributed by atoms with Crippen molar-refractivity contribution in [3.8, 4) is 5.75 Å². The van der Waals surface area contributed by atoms with Gasteiger partial charge in [-0.05, 0) is 31.2 Å². The third kappa shape index (κ3) is 4.38. The van der Waals surface area contributed by atoms with Gasteiger partial charge in [0.2, 0.25) is 0 Å². The second-order valence-electron chi connectivity index (χ2n) is 6.30. The molecule has 0 radical (unpaired) electrons. The lowest BCUT2D eigenvalue weighted by Crippen LogP contribution is -2.30. The van der Waals surface area contributed by atoms with Gasteiger partial charge < -0.3 is 14.1 Å². The van der Waals surface area contributed by atoms with Gasteiger partial charge in [-0.3, -0.25) is 4.79 Å². The summed E-state index contributed by atoms with van der Waals surface area (Å²) in [4.78, 5) is 14.0. The van der Waals surface area contributed by atoms with Crippen molar-refractivity contribution in [2.45, 2.75) is 11.8 Å². The number of benzene rings is 2. The van der Waals surface area contributed by atoms with E-state index in [-0.39, 0.29) is 34.0 Å². The number of nitrogens with zero attached hydrogens (tertiary/aromatic N) is 1. The summed E-state index contributed by atoms with van der Waals surface area (Å²) in [5, 5.41) is 0.0793. The second-order valence-corrected chi connectivity index (χ2v) is 8.87. The maximum absolute atomic E-state index is 14.3. The molecule has 0 aliphatic carbocycles. The van der Waals surface area contributed by atoms with E-state index in [1.807, 2.05) is 4.72 Å². The smallest absolute Gasteiger partial charge is 0.300 e. The summed E-state index contributed by atoms with van der Waals surface area (Å²) in [5.41, 5.74) is 0.674. The average Bonchev–Trinajstić information content (AvgIpc) is 3.08. The predicted octanol–water partition coefficient (Wildman–Crippen LogP) is 3.92. The summed E-state index contributed by atoms with van der Waals surface area (Å²) in [6.45, 7) is 1.96. The number of furan rings is 1. The van der Waals surface area contributed by atoms with E-state index >= 15 is 0 Å². The minimum absolute atomic E-state index is 0.0793. The fourth-order valence-electron chi connectivity index (χ4n) is 2.65. The lowest BCUT2D eigenvalue weighted by atomic mass is 10.2. The van der Waals surface area contributed by atoms with E-state index in [0.717, 1.165) is 0 Å². The first-order valence-corrected chi connectivity index (χ1v) is 10.8. The monoisotopic (exact) mass is 484 g/mol. The van der Waals surface area contributed by atoms with Crippen molar-refractivity contribution in [2.24, 2.45) is 0 Å². The van der Waals surface area contributed by atoms with Crippen LogP contribution in [0.3, 0.4) is 0 Å². The first-order chi connectivity index (χ1) is 13.6. The molecule has 0 atom stereocenters. The molecule has 0 saturated heterocycles. The van der Waals surface area contributed by atoms with E-state index in [1.54, 1.807) is 38.1 Å². The van der Waals surface area contributed by atoms with E-state index in [9.17, 15) is 17.6 Å². The maximum atomic E-state index is 14.3. The molecule has 0 aliphatic heterocycles. The first-order valence-electron chi connectivity index (χ1n) is 8.52. The van der Waals surface area contributed by atoms with Crippen LogP contribution < -0.4 is 14.4 Å². The Labute approximate surface area is 175 Å². The number of hydrogen-bond acceptors (Lipinski definition) is 6. The fourth-order valence-corrected chi connectivity index (χ4v) is 4.29. The van der Waals surface area contributed by atoms with Crippen molar-refractivity contribution < 1.29 is 26.8 Å². The van der Waals surface area contributed by atoms with Gasteiger partial charge in [0.15, 0.2) is 5.76 Å². The molecule has 2 aromatic carbocycles. The highest BCUT2D eigenvalue weighted by Crippen LogP contribution is 2.29. The van der Waals surface area contributed by atoms with Crippen LogP contribution in [0.1, 0.15) is 17.5 Å². The molecule has 0 spiro atoms. The van der Waals surface area contributed by atoms with Crippen LogP contribution in [0.4, 0.5) is 10.1 Å². The minimum Gasteiger partial charge on any atom is -0.492 e. The van der Waals surface area contributed by atoms with Crippen LogP contribution in [0.15, 0.2) is 50.2 Å². The molecule has 1 aromatic heterocycles. The number of carbonyl (C=O) groups excluding carboxylic acids is 1. The van der Waals surface area contributed by atoms with Gasteiger partial charge in [0, 0.05) is 36.4 Å². The Hall–Kier alpha value is -2.59. The summed E-state index contributed by atoms with van der Waals surface area (Å²) in [7, 11) is -0.801. The van der Waals surface area contributed by atoms with E-state index in [0.29, 0.717) is 10.2 Å². The molecule has 0 bridgehead atoms. The molecule has 3 rings (SSSR count). The lowest BCUT2D eigenvalue weighted by molar-refractivity contribution is 0.0956. The van der Waals surface area contributed by atoms with Gasteiger partial charge in [-0.15, -0.1) is 0 Å². The van der Waals surface area contributed by atoms with Gasteiger partial charge >= 0.3 is 5.91 Å².